The largest absolute Gasteiger partial charge is 0.491 e. The van der Waals surface area contributed by atoms with Gasteiger partial charge in [0.1, 0.15) is 12.0 Å². The van der Waals surface area contributed by atoms with Crippen LogP contribution in [0.3, 0.4) is 0 Å². The van der Waals surface area contributed by atoms with E-state index < -0.39 is 17.0 Å². The Morgan fingerprint density at radius 1 is 1.20 bits per heavy atom. The second-order valence-electron chi connectivity index (χ2n) is 7.38. The summed E-state index contributed by atoms with van der Waals surface area (Å²) in [5.74, 6) is 0.160. The van der Waals surface area contributed by atoms with Gasteiger partial charge in [0, 0.05) is 6.42 Å². The van der Waals surface area contributed by atoms with Crippen molar-refractivity contribution in [3.8, 4) is 0 Å². The molecule has 0 bridgehead atoms. The molecule has 30 heavy (non-hydrogen) atoms. The van der Waals surface area contributed by atoms with E-state index >= 15 is 0 Å². The first-order valence-corrected chi connectivity index (χ1v) is 11.1. The third-order valence-corrected chi connectivity index (χ3v) is 6.75. The predicted molar refractivity (Wildman–Crippen MR) is 110 cm³/mol. The Bertz CT molecular complexity index is 1190. The molecule has 0 spiro atoms. The van der Waals surface area contributed by atoms with Crippen LogP contribution in [0.5, 0.6) is 0 Å². The molecule has 2 heterocycles. The summed E-state index contributed by atoms with van der Waals surface area (Å²) in [4.78, 5) is 15.8. The lowest BCUT2D eigenvalue weighted by atomic mass is 9.79. The Labute approximate surface area is 174 Å². The van der Waals surface area contributed by atoms with Crippen molar-refractivity contribution >= 4 is 28.2 Å². The van der Waals surface area contributed by atoms with Gasteiger partial charge in [-0.25, -0.2) is 13.4 Å². The zero-order valence-corrected chi connectivity index (χ0v) is 17.2. The normalized spacial score (nSPS) is 13.5. The fraction of sp³-hybridized carbons (Fsp3) is 0.238. The number of carbonyl (C=O) groups excluding carboxylic acids is 1. The lowest BCUT2D eigenvalue weighted by molar-refractivity contribution is -0.116. The first kappa shape index (κ1) is 20.5. The highest BCUT2D eigenvalue weighted by Gasteiger charge is 2.28. The van der Waals surface area contributed by atoms with Gasteiger partial charge in [0.05, 0.1) is 29.9 Å². The molecule has 0 saturated carbocycles. The molecule has 4 rings (SSSR count). The van der Waals surface area contributed by atoms with Crippen LogP contribution in [-0.2, 0) is 44.5 Å². The lowest BCUT2D eigenvalue weighted by Crippen LogP contribution is -2.28. The number of rotatable bonds is 7. The zero-order valence-electron chi connectivity index (χ0n) is 16.4. The van der Waals surface area contributed by atoms with Crippen molar-refractivity contribution < 1.29 is 27.3 Å². The minimum atomic E-state index is -3.70. The number of hydrogen-bond donors (Lipinski definition) is 1. The van der Waals surface area contributed by atoms with Gasteiger partial charge in [0.2, 0.25) is 0 Å². The number of Topliss-reactive ketones (excluding diaryl/α,β-unsaturated/α-hetero) is 1. The number of hydrogen-bond acceptors (Lipinski definition) is 7. The summed E-state index contributed by atoms with van der Waals surface area (Å²) in [6, 6.07) is 10.1. The molecule has 1 aromatic heterocycles. The first-order chi connectivity index (χ1) is 14.3. The summed E-state index contributed by atoms with van der Waals surface area (Å²) in [6.45, 7) is 1.80. The molecule has 9 heteroatoms. The van der Waals surface area contributed by atoms with Crippen molar-refractivity contribution in [3.63, 3.8) is 0 Å². The van der Waals surface area contributed by atoms with E-state index in [9.17, 15) is 18.2 Å². The fourth-order valence-corrected chi connectivity index (χ4v) is 5.21. The maximum Gasteiger partial charge on any atom is 0.491 e. The Morgan fingerprint density at radius 2 is 2.00 bits per heavy atom. The fourth-order valence-electron chi connectivity index (χ4n) is 3.63. The van der Waals surface area contributed by atoms with Gasteiger partial charge in [0.25, 0.3) is 0 Å². The number of nitrogens with zero attached hydrogens (tertiary/aromatic N) is 1. The summed E-state index contributed by atoms with van der Waals surface area (Å²) in [7, 11) is -4.74. The first-order valence-electron chi connectivity index (χ1n) is 9.45. The highest BCUT2D eigenvalue weighted by molar-refractivity contribution is 7.90. The maximum absolute atomic E-state index is 13.3. The van der Waals surface area contributed by atoms with Crippen LogP contribution in [-0.4, -0.2) is 31.3 Å². The molecule has 0 unspecified atom stereocenters. The van der Waals surface area contributed by atoms with Gasteiger partial charge in [-0.2, -0.15) is 0 Å². The van der Waals surface area contributed by atoms with E-state index in [0.29, 0.717) is 29.1 Å². The Hall–Kier alpha value is -2.75. The monoisotopic (exact) mass is 425 g/mol. The molecule has 1 N–H and O–H groups in total. The SMILES string of the molecule is CC(=O)Cc1ccc(S(=O)(=O)Cc2ccc3c(c2)B(O)OC3)c(Cc2ncco2)c1. The van der Waals surface area contributed by atoms with Gasteiger partial charge < -0.3 is 14.1 Å². The molecule has 0 radical (unpaired) electrons. The van der Waals surface area contributed by atoms with Crippen LogP contribution in [0, 0.1) is 0 Å². The van der Waals surface area contributed by atoms with Crippen LogP contribution in [0.4, 0.5) is 0 Å². The lowest BCUT2D eigenvalue weighted by Gasteiger charge is -2.12. The Kier molecular flexibility index (Phi) is 5.59. The van der Waals surface area contributed by atoms with Crippen molar-refractivity contribution in [1.29, 1.82) is 0 Å². The third kappa shape index (κ3) is 4.38. The van der Waals surface area contributed by atoms with E-state index in [1.165, 1.54) is 25.5 Å². The molecule has 0 fully saturated rings. The Balaban J connectivity index is 1.68. The smallest absolute Gasteiger partial charge is 0.449 e. The number of sulfone groups is 1. The van der Waals surface area contributed by atoms with E-state index in [2.05, 4.69) is 4.98 Å². The molecule has 154 valence electrons. The number of benzene rings is 2. The van der Waals surface area contributed by atoms with Crippen molar-refractivity contribution in [3.05, 3.63) is 77.0 Å². The van der Waals surface area contributed by atoms with Gasteiger partial charge in [0.15, 0.2) is 15.7 Å². The van der Waals surface area contributed by atoms with Crippen molar-refractivity contribution in [2.75, 3.05) is 0 Å². The topological polar surface area (TPSA) is 107 Å². The van der Waals surface area contributed by atoms with E-state index in [1.807, 2.05) is 0 Å². The summed E-state index contributed by atoms with van der Waals surface area (Å²) >= 11 is 0. The molecule has 0 atom stereocenters. The van der Waals surface area contributed by atoms with Crippen LogP contribution in [0.15, 0.2) is 58.2 Å². The summed E-state index contributed by atoms with van der Waals surface area (Å²) in [6.07, 6.45) is 3.35. The molecular formula is C21H20BNO6S. The van der Waals surface area contributed by atoms with Gasteiger partial charge >= 0.3 is 7.12 Å². The van der Waals surface area contributed by atoms with Crippen molar-refractivity contribution in [1.82, 2.24) is 4.98 Å². The van der Waals surface area contributed by atoms with Crippen LogP contribution < -0.4 is 5.46 Å². The number of fused-ring (bicyclic) bond motifs is 1. The molecule has 1 aliphatic rings. The van der Waals surface area contributed by atoms with Gasteiger partial charge in [-0.1, -0.05) is 30.3 Å². The second kappa shape index (κ2) is 8.18. The predicted octanol–water partition coefficient (Wildman–Crippen LogP) is 1.59. The van der Waals surface area contributed by atoms with E-state index in [0.717, 1.165) is 11.1 Å². The van der Waals surface area contributed by atoms with Crippen LogP contribution in [0.1, 0.15) is 35.1 Å². The highest BCUT2D eigenvalue weighted by atomic mass is 32.2. The van der Waals surface area contributed by atoms with Gasteiger partial charge in [-0.3, -0.25) is 4.79 Å². The molecule has 0 aliphatic carbocycles. The summed E-state index contributed by atoms with van der Waals surface area (Å²) in [5.41, 5.74) is 3.27. The van der Waals surface area contributed by atoms with Crippen LogP contribution in [0.2, 0.25) is 0 Å². The van der Waals surface area contributed by atoms with Crippen LogP contribution >= 0.6 is 0 Å². The number of aromatic nitrogens is 1. The standard InChI is InChI=1S/C21H20BNO6S/c1-14(24)8-15-3-5-20(18(9-15)11-21-23-6-7-28-21)30(26,27)13-16-2-4-17-12-29-22(25)19(17)10-16/h2-7,9-10,25H,8,11-13H2,1H3. The average molecular weight is 425 g/mol. The molecule has 1 aliphatic heterocycles. The van der Waals surface area contributed by atoms with E-state index in [1.54, 1.807) is 30.3 Å². The third-order valence-electron chi connectivity index (χ3n) is 4.97. The summed E-state index contributed by atoms with van der Waals surface area (Å²) < 4.78 is 37.0. The average Bonchev–Trinajstić information content (AvgIpc) is 3.31. The maximum atomic E-state index is 13.3. The number of ketones is 1. The number of oxazole rings is 1. The quantitative estimate of drug-likeness (QED) is 0.573. The molecule has 0 saturated heterocycles. The van der Waals surface area contributed by atoms with Gasteiger partial charge in [-0.15, -0.1) is 0 Å². The van der Waals surface area contributed by atoms with Crippen LogP contribution in [0.25, 0.3) is 0 Å². The highest BCUT2D eigenvalue weighted by Crippen LogP contribution is 2.25. The van der Waals surface area contributed by atoms with Crippen molar-refractivity contribution in [2.45, 2.75) is 37.0 Å². The minimum absolute atomic E-state index is 0.00778. The molecule has 3 aromatic rings. The van der Waals surface area contributed by atoms with E-state index in [4.69, 9.17) is 9.07 Å². The molecule has 7 nitrogen and oxygen atoms in total. The van der Waals surface area contributed by atoms with Crippen molar-refractivity contribution in [2.24, 2.45) is 0 Å². The minimum Gasteiger partial charge on any atom is -0.449 e. The molecule has 2 aromatic carbocycles. The second-order valence-corrected chi connectivity index (χ2v) is 9.34. The van der Waals surface area contributed by atoms with E-state index in [-0.39, 0.29) is 29.3 Å². The van der Waals surface area contributed by atoms with Gasteiger partial charge in [-0.05, 0) is 40.7 Å². The zero-order chi connectivity index (χ0) is 21.3. The Morgan fingerprint density at radius 3 is 2.73 bits per heavy atom. The molecular weight excluding hydrogens is 405 g/mol. The molecule has 0 amide bonds. The number of carbonyl (C=O) groups is 1. The summed E-state index contributed by atoms with van der Waals surface area (Å²) in [5, 5.41) is 9.89.